The van der Waals surface area contributed by atoms with Gasteiger partial charge < -0.3 is 9.32 Å². The summed E-state index contributed by atoms with van der Waals surface area (Å²) in [5.74, 6) is -2.42. The van der Waals surface area contributed by atoms with Gasteiger partial charge in [-0.25, -0.2) is 0 Å². The Hall–Kier alpha value is -3.56. The first kappa shape index (κ1) is 21.7. The molecule has 7 nitrogen and oxygen atoms in total. The standard InChI is InChI=1S/C22H21F3N4O3/c1-3-8-27-13-16(11-26-27)15-6-7-17-18(10-15)28(20(30)19-5-4-9-32-19)12-14(2)29(17)21(31)22(23,24)25/h4-7,9-11,13-14H,3,8,12H2,1-2H3/t14-/m0/s1. The van der Waals surface area contributed by atoms with Crippen LogP contribution in [0.2, 0.25) is 0 Å². The molecule has 0 saturated carbocycles. The Morgan fingerprint density at radius 1 is 1.19 bits per heavy atom. The second-order valence-electron chi connectivity index (χ2n) is 7.61. The van der Waals surface area contributed by atoms with Gasteiger partial charge in [-0.05, 0) is 43.2 Å². The summed E-state index contributed by atoms with van der Waals surface area (Å²) < 4.78 is 46.9. The van der Waals surface area contributed by atoms with Gasteiger partial charge in [-0.2, -0.15) is 18.3 Å². The second-order valence-corrected chi connectivity index (χ2v) is 7.61. The van der Waals surface area contributed by atoms with Crippen molar-refractivity contribution >= 4 is 23.2 Å². The van der Waals surface area contributed by atoms with Gasteiger partial charge in [0.15, 0.2) is 5.76 Å². The van der Waals surface area contributed by atoms with Crippen molar-refractivity contribution in [2.24, 2.45) is 0 Å². The first-order valence-electron chi connectivity index (χ1n) is 10.1. The number of carbonyl (C=O) groups is 2. The smallest absolute Gasteiger partial charge is 0.459 e. The number of furan rings is 1. The first-order valence-corrected chi connectivity index (χ1v) is 10.1. The van der Waals surface area contributed by atoms with Gasteiger partial charge in [0.25, 0.3) is 5.91 Å². The van der Waals surface area contributed by atoms with Crippen molar-refractivity contribution in [1.82, 2.24) is 9.78 Å². The molecule has 3 aromatic rings. The van der Waals surface area contributed by atoms with E-state index in [9.17, 15) is 22.8 Å². The van der Waals surface area contributed by atoms with Gasteiger partial charge in [0.1, 0.15) is 0 Å². The quantitative estimate of drug-likeness (QED) is 0.592. The van der Waals surface area contributed by atoms with E-state index in [-0.39, 0.29) is 23.7 Å². The summed E-state index contributed by atoms with van der Waals surface area (Å²) >= 11 is 0. The monoisotopic (exact) mass is 446 g/mol. The molecule has 0 saturated heterocycles. The number of nitrogens with zero attached hydrogens (tertiary/aromatic N) is 4. The van der Waals surface area contributed by atoms with Crippen LogP contribution in [0.3, 0.4) is 0 Å². The Kier molecular flexibility index (Phi) is 5.53. The van der Waals surface area contributed by atoms with E-state index < -0.39 is 24.0 Å². The SMILES string of the molecule is CCCn1cc(-c2ccc3c(c2)N(C(=O)c2ccco2)C[C@H](C)N3C(=O)C(F)(F)F)cn1. The lowest BCUT2D eigenvalue weighted by molar-refractivity contribution is -0.170. The van der Waals surface area contributed by atoms with Crippen LogP contribution in [0.5, 0.6) is 0 Å². The molecule has 1 aliphatic rings. The number of rotatable bonds is 4. The molecule has 3 heterocycles. The molecule has 1 aliphatic heterocycles. The topological polar surface area (TPSA) is 71.6 Å². The minimum Gasteiger partial charge on any atom is -0.459 e. The van der Waals surface area contributed by atoms with Crippen molar-refractivity contribution in [2.45, 2.75) is 39.0 Å². The summed E-state index contributed by atoms with van der Waals surface area (Å²) in [6.07, 6.45) is 0.676. The van der Waals surface area contributed by atoms with Crippen LogP contribution >= 0.6 is 0 Å². The van der Waals surface area contributed by atoms with E-state index in [1.165, 1.54) is 30.2 Å². The molecule has 32 heavy (non-hydrogen) atoms. The highest BCUT2D eigenvalue weighted by Crippen LogP contribution is 2.41. The fourth-order valence-electron chi connectivity index (χ4n) is 3.84. The summed E-state index contributed by atoms with van der Waals surface area (Å²) in [6, 6.07) is 6.80. The van der Waals surface area contributed by atoms with Gasteiger partial charge in [-0.3, -0.25) is 19.2 Å². The van der Waals surface area contributed by atoms with Crippen LogP contribution in [0.1, 0.15) is 30.8 Å². The molecule has 2 aromatic heterocycles. The number of hydrogen-bond donors (Lipinski definition) is 0. The maximum absolute atomic E-state index is 13.3. The molecule has 0 N–H and O–H groups in total. The number of fused-ring (bicyclic) bond motifs is 1. The third kappa shape index (κ3) is 3.88. The van der Waals surface area contributed by atoms with Crippen LogP contribution in [0.15, 0.2) is 53.4 Å². The largest absolute Gasteiger partial charge is 0.471 e. The molecule has 0 unspecified atom stereocenters. The molecule has 1 aromatic carbocycles. The maximum atomic E-state index is 13.3. The molecule has 0 radical (unpaired) electrons. The minimum atomic E-state index is -5.04. The zero-order valence-electron chi connectivity index (χ0n) is 17.5. The molecule has 4 rings (SSSR count). The van der Waals surface area contributed by atoms with E-state index in [1.54, 1.807) is 29.1 Å². The van der Waals surface area contributed by atoms with Gasteiger partial charge in [0, 0.05) is 24.8 Å². The van der Waals surface area contributed by atoms with Gasteiger partial charge in [-0.15, -0.1) is 0 Å². The van der Waals surface area contributed by atoms with Crippen molar-refractivity contribution in [3.8, 4) is 11.1 Å². The maximum Gasteiger partial charge on any atom is 0.471 e. The molecule has 2 amide bonds. The van der Waals surface area contributed by atoms with Crippen molar-refractivity contribution < 1.29 is 27.2 Å². The number of hydrogen-bond acceptors (Lipinski definition) is 4. The van der Waals surface area contributed by atoms with Crippen molar-refractivity contribution in [3.63, 3.8) is 0 Å². The van der Waals surface area contributed by atoms with Crippen LogP contribution in [-0.4, -0.2) is 40.4 Å². The summed E-state index contributed by atoms with van der Waals surface area (Å²) in [7, 11) is 0. The number of aromatic nitrogens is 2. The number of halogens is 3. The highest BCUT2D eigenvalue weighted by molar-refractivity contribution is 6.11. The number of alkyl halides is 3. The van der Waals surface area contributed by atoms with Crippen molar-refractivity contribution in [2.75, 3.05) is 16.3 Å². The van der Waals surface area contributed by atoms with E-state index in [0.29, 0.717) is 10.5 Å². The third-order valence-corrected chi connectivity index (χ3v) is 5.27. The summed E-state index contributed by atoms with van der Waals surface area (Å²) in [4.78, 5) is 27.3. The number of amides is 2. The van der Waals surface area contributed by atoms with E-state index in [2.05, 4.69) is 5.10 Å². The molecule has 0 fully saturated rings. The van der Waals surface area contributed by atoms with Crippen LogP contribution < -0.4 is 9.80 Å². The minimum absolute atomic E-state index is 0.00989. The van der Waals surface area contributed by atoms with E-state index in [1.807, 2.05) is 13.1 Å². The summed E-state index contributed by atoms with van der Waals surface area (Å²) in [6.45, 7) is 4.09. The molecule has 0 aliphatic carbocycles. The number of carbonyl (C=O) groups excluding carboxylic acids is 2. The lowest BCUT2D eigenvalue weighted by atomic mass is 10.0. The number of benzene rings is 1. The molecule has 0 bridgehead atoms. The van der Waals surface area contributed by atoms with Gasteiger partial charge >= 0.3 is 12.1 Å². The van der Waals surface area contributed by atoms with Crippen LogP contribution in [-0.2, 0) is 11.3 Å². The lowest BCUT2D eigenvalue weighted by Gasteiger charge is -2.41. The lowest BCUT2D eigenvalue weighted by Crippen LogP contribution is -2.55. The van der Waals surface area contributed by atoms with Gasteiger partial charge in [0.05, 0.1) is 29.9 Å². The molecule has 10 heteroatoms. The highest BCUT2D eigenvalue weighted by atomic mass is 19.4. The average molecular weight is 446 g/mol. The van der Waals surface area contributed by atoms with Crippen LogP contribution in [0.25, 0.3) is 11.1 Å². The Morgan fingerprint density at radius 2 is 1.97 bits per heavy atom. The average Bonchev–Trinajstić information content (AvgIpc) is 3.44. The van der Waals surface area contributed by atoms with Crippen LogP contribution in [0.4, 0.5) is 24.5 Å². The predicted octanol–water partition coefficient (Wildman–Crippen LogP) is 4.50. The van der Waals surface area contributed by atoms with Crippen LogP contribution in [0, 0.1) is 0 Å². The Bertz CT molecular complexity index is 1140. The van der Waals surface area contributed by atoms with Crippen molar-refractivity contribution in [1.29, 1.82) is 0 Å². The molecule has 1 atom stereocenters. The number of anilines is 2. The molecular formula is C22H21F3N4O3. The molecule has 0 spiro atoms. The number of aryl methyl sites for hydroxylation is 1. The van der Waals surface area contributed by atoms with Crippen molar-refractivity contribution in [3.05, 3.63) is 54.7 Å². The second kappa shape index (κ2) is 8.18. The van der Waals surface area contributed by atoms with Gasteiger partial charge in [0.2, 0.25) is 0 Å². The Labute approximate surface area is 182 Å². The van der Waals surface area contributed by atoms with E-state index in [0.717, 1.165) is 18.5 Å². The first-order chi connectivity index (χ1) is 15.2. The fraction of sp³-hybridized carbons (Fsp3) is 0.318. The fourth-order valence-corrected chi connectivity index (χ4v) is 3.84. The van der Waals surface area contributed by atoms with E-state index >= 15 is 0 Å². The molecular weight excluding hydrogens is 425 g/mol. The van der Waals surface area contributed by atoms with E-state index in [4.69, 9.17) is 4.42 Å². The zero-order valence-corrected chi connectivity index (χ0v) is 17.5. The third-order valence-electron chi connectivity index (χ3n) is 5.27. The Balaban J connectivity index is 1.82. The molecule has 168 valence electrons. The summed E-state index contributed by atoms with van der Waals surface area (Å²) in [5, 5.41) is 4.28. The highest BCUT2D eigenvalue weighted by Gasteiger charge is 2.47. The Morgan fingerprint density at radius 3 is 2.62 bits per heavy atom. The summed E-state index contributed by atoms with van der Waals surface area (Å²) in [5.41, 5.74) is 1.62. The zero-order chi connectivity index (χ0) is 23.0. The predicted molar refractivity (Wildman–Crippen MR) is 111 cm³/mol. The van der Waals surface area contributed by atoms with Gasteiger partial charge in [-0.1, -0.05) is 13.0 Å². The normalized spacial score (nSPS) is 16.2.